The molecule has 0 radical (unpaired) electrons. The quantitative estimate of drug-likeness (QED) is 0.833. The maximum Gasteiger partial charge on any atom is 0.251 e. The average Bonchev–Trinajstić information content (AvgIpc) is 3.07. The summed E-state index contributed by atoms with van der Waals surface area (Å²) in [5.74, 6) is 6.15. The standard InChI is InChI=1S/C15H16ClNO2/c1-10-8-14(10)17-15(19)12-6-5-11(13(16)9-12)4-2-3-7-18/h5-6,9-10,14,18H,3,7-8H2,1H3,(H,17,19). The zero-order chi connectivity index (χ0) is 13.8. The number of aliphatic hydroxyl groups is 1. The van der Waals surface area contributed by atoms with Gasteiger partial charge in [0.1, 0.15) is 0 Å². The lowest BCUT2D eigenvalue weighted by Crippen LogP contribution is -2.26. The summed E-state index contributed by atoms with van der Waals surface area (Å²) in [6, 6.07) is 5.39. The Balaban J connectivity index is 2.06. The predicted molar refractivity (Wildman–Crippen MR) is 75.1 cm³/mol. The Bertz CT molecular complexity index is 545. The molecule has 1 aliphatic rings. The van der Waals surface area contributed by atoms with E-state index in [-0.39, 0.29) is 12.5 Å². The van der Waals surface area contributed by atoms with Gasteiger partial charge in [0.2, 0.25) is 0 Å². The van der Waals surface area contributed by atoms with Crippen molar-refractivity contribution in [1.82, 2.24) is 5.32 Å². The van der Waals surface area contributed by atoms with Crippen molar-refractivity contribution >= 4 is 17.5 Å². The molecular formula is C15H16ClNO2. The van der Waals surface area contributed by atoms with Crippen LogP contribution in [0.1, 0.15) is 35.7 Å². The molecule has 1 aromatic carbocycles. The number of aliphatic hydroxyl groups excluding tert-OH is 1. The third-order valence-electron chi connectivity index (χ3n) is 3.12. The van der Waals surface area contributed by atoms with Gasteiger partial charge in [-0.3, -0.25) is 4.79 Å². The van der Waals surface area contributed by atoms with Crippen molar-refractivity contribution in [2.75, 3.05) is 6.61 Å². The minimum absolute atomic E-state index is 0.0324. The maximum absolute atomic E-state index is 11.9. The highest BCUT2D eigenvalue weighted by Crippen LogP contribution is 2.29. The van der Waals surface area contributed by atoms with Crippen LogP contribution in [0.3, 0.4) is 0 Å². The van der Waals surface area contributed by atoms with Gasteiger partial charge in [-0.15, -0.1) is 0 Å². The Morgan fingerprint density at radius 2 is 2.32 bits per heavy atom. The van der Waals surface area contributed by atoms with Crippen LogP contribution >= 0.6 is 11.6 Å². The molecule has 2 N–H and O–H groups in total. The van der Waals surface area contributed by atoms with Crippen LogP contribution in [0.15, 0.2) is 18.2 Å². The molecule has 1 saturated carbocycles. The van der Waals surface area contributed by atoms with E-state index in [1.807, 2.05) is 0 Å². The van der Waals surface area contributed by atoms with Crippen LogP contribution in [-0.4, -0.2) is 23.7 Å². The van der Waals surface area contributed by atoms with E-state index in [0.717, 1.165) is 6.42 Å². The molecule has 1 amide bonds. The van der Waals surface area contributed by atoms with Gasteiger partial charge in [0.15, 0.2) is 0 Å². The van der Waals surface area contributed by atoms with Gasteiger partial charge in [0.25, 0.3) is 5.91 Å². The van der Waals surface area contributed by atoms with E-state index in [9.17, 15) is 4.79 Å². The SMILES string of the molecule is CC1CC1NC(=O)c1ccc(C#CCCO)c(Cl)c1. The molecule has 3 nitrogen and oxygen atoms in total. The number of halogens is 1. The third kappa shape index (κ3) is 3.73. The number of benzene rings is 1. The average molecular weight is 278 g/mol. The third-order valence-corrected chi connectivity index (χ3v) is 3.43. The summed E-state index contributed by atoms with van der Waals surface area (Å²) < 4.78 is 0. The number of hydrogen-bond donors (Lipinski definition) is 2. The van der Waals surface area contributed by atoms with Gasteiger partial charge < -0.3 is 10.4 Å². The molecule has 100 valence electrons. The summed E-state index contributed by atoms with van der Waals surface area (Å²) in [7, 11) is 0. The van der Waals surface area contributed by atoms with Gasteiger partial charge in [-0.1, -0.05) is 30.4 Å². The largest absolute Gasteiger partial charge is 0.395 e. The van der Waals surface area contributed by atoms with E-state index in [2.05, 4.69) is 24.1 Å². The molecule has 1 fully saturated rings. The van der Waals surface area contributed by atoms with E-state index >= 15 is 0 Å². The first-order chi connectivity index (χ1) is 9.11. The van der Waals surface area contributed by atoms with E-state index < -0.39 is 0 Å². The fourth-order valence-corrected chi connectivity index (χ4v) is 1.97. The van der Waals surface area contributed by atoms with Crippen LogP contribution in [0, 0.1) is 17.8 Å². The zero-order valence-corrected chi connectivity index (χ0v) is 11.5. The number of nitrogens with one attached hydrogen (secondary N) is 1. The first-order valence-electron chi connectivity index (χ1n) is 6.32. The smallest absolute Gasteiger partial charge is 0.251 e. The molecule has 0 heterocycles. The molecule has 0 aliphatic heterocycles. The monoisotopic (exact) mass is 277 g/mol. The van der Waals surface area contributed by atoms with Crippen LogP contribution in [0.5, 0.6) is 0 Å². The van der Waals surface area contributed by atoms with Crippen molar-refractivity contribution in [3.8, 4) is 11.8 Å². The minimum Gasteiger partial charge on any atom is -0.395 e. The highest BCUT2D eigenvalue weighted by atomic mass is 35.5. The predicted octanol–water partition coefficient (Wildman–Crippen LogP) is 2.21. The van der Waals surface area contributed by atoms with E-state index in [1.54, 1.807) is 18.2 Å². The number of carbonyl (C=O) groups is 1. The molecule has 1 aromatic rings. The number of amides is 1. The van der Waals surface area contributed by atoms with E-state index in [0.29, 0.717) is 34.5 Å². The summed E-state index contributed by atoms with van der Waals surface area (Å²) in [5.41, 5.74) is 1.23. The van der Waals surface area contributed by atoms with Crippen molar-refractivity contribution in [2.45, 2.75) is 25.8 Å². The minimum atomic E-state index is -0.0916. The van der Waals surface area contributed by atoms with Crippen LogP contribution < -0.4 is 5.32 Å². The molecular weight excluding hydrogens is 262 g/mol. The molecule has 2 atom stereocenters. The van der Waals surface area contributed by atoms with Crippen molar-refractivity contribution in [3.63, 3.8) is 0 Å². The molecule has 0 aromatic heterocycles. The normalized spacial score (nSPS) is 20.4. The Labute approximate surface area is 118 Å². The summed E-state index contributed by atoms with van der Waals surface area (Å²) in [4.78, 5) is 11.9. The summed E-state index contributed by atoms with van der Waals surface area (Å²) in [6.45, 7) is 2.14. The maximum atomic E-state index is 11.9. The van der Waals surface area contributed by atoms with Gasteiger partial charge in [-0.05, 0) is 30.5 Å². The van der Waals surface area contributed by atoms with Crippen LogP contribution in [0.2, 0.25) is 5.02 Å². The summed E-state index contributed by atoms with van der Waals surface area (Å²) >= 11 is 6.09. The molecule has 19 heavy (non-hydrogen) atoms. The zero-order valence-electron chi connectivity index (χ0n) is 10.7. The van der Waals surface area contributed by atoms with Crippen molar-refractivity contribution < 1.29 is 9.90 Å². The van der Waals surface area contributed by atoms with Crippen molar-refractivity contribution in [3.05, 3.63) is 34.3 Å². The molecule has 0 spiro atoms. The highest BCUT2D eigenvalue weighted by Gasteiger charge is 2.33. The second kappa shape index (κ2) is 6.10. The molecule has 0 saturated heterocycles. The Kier molecular flexibility index (Phi) is 4.47. The van der Waals surface area contributed by atoms with Crippen LogP contribution in [0.4, 0.5) is 0 Å². The molecule has 0 bridgehead atoms. The Hall–Kier alpha value is -1.50. The Morgan fingerprint density at radius 3 is 2.89 bits per heavy atom. The molecule has 2 unspecified atom stereocenters. The Morgan fingerprint density at radius 1 is 1.58 bits per heavy atom. The lowest BCUT2D eigenvalue weighted by Gasteiger charge is -2.05. The van der Waals surface area contributed by atoms with E-state index in [4.69, 9.17) is 16.7 Å². The fourth-order valence-electron chi connectivity index (χ4n) is 1.75. The second-order valence-corrected chi connectivity index (χ2v) is 5.17. The summed E-state index contributed by atoms with van der Waals surface area (Å²) in [5, 5.41) is 12.1. The second-order valence-electron chi connectivity index (χ2n) is 4.76. The highest BCUT2D eigenvalue weighted by molar-refractivity contribution is 6.32. The van der Waals surface area contributed by atoms with Crippen molar-refractivity contribution in [2.24, 2.45) is 5.92 Å². The first kappa shape index (κ1) is 13.9. The van der Waals surface area contributed by atoms with E-state index in [1.165, 1.54) is 0 Å². The molecule has 2 rings (SSSR count). The lowest BCUT2D eigenvalue weighted by atomic mass is 10.1. The van der Waals surface area contributed by atoms with Gasteiger partial charge in [0, 0.05) is 23.6 Å². The summed E-state index contributed by atoms with van der Waals surface area (Å²) in [6.07, 6.45) is 1.46. The number of rotatable bonds is 3. The number of carbonyl (C=O) groups excluding carboxylic acids is 1. The van der Waals surface area contributed by atoms with Gasteiger partial charge in [-0.2, -0.15) is 0 Å². The fraction of sp³-hybridized carbons (Fsp3) is 0.400. The topological polar surface area (TPSA) is 49.3 Å². The molecule has 1 aliphatic carbocycles. The van der Waals surface area contributed by atoms with Gasteiger partial charge in [0.05, 0.1) is 11.6 Å². The molecule has 4 heteroatoms. The first-order valence-corrected chi connectivity index (χ1v) is 6.69. The van der Waals surface area contributed by atoms with Gasteiger partial charge >= 0.3 is 0 Å². The lowest BCUT2D eigenvalue weighted by molar-refractivity contribution is 0.0949. The van der Waals surface area contributed by atoms with Crippen molar-refractivity contribution in [1.29, 1.82) is 0 Å². The number of hydrogen-bond acceptors (Lipinski definition) is 2. The van der Waals surface area contributed by atoms with Gasteiger partial charge in [-0.25, -0.2) is 0 Å². The van der Waals surface area contributed by atoms with Crippen LogP contribution in [-0.2, 0) is 0 Å². The van der Waals surface area contributed by atoms with Crippen LogP contribution in [0.25, 0.3) is 0 Å².